The van der Waals surface area contributed by atoms with Crippen molar-refractivity contribution in [1.29, 1.82) is 0 Å². The van der Waals surface area contributed by atoms with Crippen molar-refractivity contribution in [3.8, 4) is 0 Å². The maximum Gasteiger partial charge on any atom is 0.338 e. The maximum atomic E-state index is 11.5. The van der Waals surface area contributed by atoms with Crippen molar-refractivity contribution < 1.29 is 9.53 Å². The van der Waals surface area contributed by atoms with Gasteiger partial charge in [0.2, 0.25) is 0 Å². The molecule has 0 unspecified atom stereocenters. The minimum atomic E-state index is -0.300. The molecule has 0 spiro atoms. The molecule has 0 aliphatic heterocycles. The van der Waals surface area contributed by atoms with Crippen molar-refractivity contribution in [3.05, 3.63) is 54.1 Å². The highest BCUT2D eigenvalue weighted by molar-refractivity contribution is 5.89. The maximum absolute atomic E-state index is 11.5. The van der Waals surface area contributed by atoms with Gasteiger partial charge in [-0.05, 0) is 31.2 Å². The number of carbonyl (C=O) groups is 1. The first kappa shape index (κ1) is 13.0. The molecule has 0 amide bonds. The van der Waals surface area contributed by atoms with Gasteiger partial charge in [0.15, 0.2) is 0 Å². The van der Waals surface area contributed by atoms with Crippen LogP contribution in [0, 0.1) is 0 Å². The fourth-order valence-corrected chi connectivity index (χ4v) is 1.56. The van der Waals surface area contributed by atoms with Crippen LogP contribution in [0.25, 0.3) is 0 Å². The fraction of sp³-hybridized carbons (Fsp3) is 0.214. The predicted molar refractivity (Wildman–Crippen MR) is 71.8 cm³/mol. The molecule has 0 aliphatic carbocycles. The zero-order valence-corrected chi connectivity index (χ0v) is 10.7. The van der Waals surface area contributed by atoms with Gasteiger partial charge in [-0.3, -0.25) is 0 Å². The van der Waals surface area contributed by atoms with Crippen molar-refractivity contribution in [2.24, 2.45) is 0 Å². The quantitative estimate of drug-likeness (QED) is 0.832. The number of anilines is 1. The molecule has 5 heteroatoms. The van der Waals surface area contributed by atoms with Gasteiger partial charge in [-0.25, -0.2) is 14.8 Å². The van der Waals surface area contributed by atoms with Crippen LogP contribution >= 0.6 is 0 Å². The average Bonchev–Trinajstić information content (AvgIpc) is 2.47. The molecule has 0 bridgehead atoms. The molecule has 0 atom stereocenters. The van der Waals surface area contributed by atoms with E-state index >= 15 is 0 Å². The SMILES string of the molecule is CCOC(=O)c1ccc(NCc2cncnc2)cc1. The minimum absolute atomic E-state index is 0.300. The number of ether oxygens (including phenoxy) is 1. The molecule has 0 aliphatic rings. The summed E-state index contributed by atoms with van der Waals surface area (Å²) in [6, 6.07) is 7.16. The van der Waals surface area contributed by atoms with Gasteiger partial charge in [0.05, 0.1) is 12.2 Å². The van der Waals surface area contributed by atoms with E-state index in [-0.39, 0.29) is 5.97 Å². The molecule has 19 heavy (non-hydrogen) atoms. The number of hydrogen-bond donors (Lipinski definition) is 1. The molecular formula is C14H15N3O2. The Kier molecular flexibility index (Phi) is 4.44. The summed E-state index contributed by atoms with van der Waals surface area (Å²) < 4.78 is 4.92. The minimum Gasteiger partial charge on any atom is -0.462 e. The molecule has 2 aromatic rings. The zero-order chi connectivity index (χ0) is 13.5. The largest absolute Gasteiger partial charge is 0.462 e. The lowest BCUT2D eigenvalue weighted by Crippen LogP contribution is -2.05. The molecule has 1 N–H and O–H groups in total. The van der Waals surface area contributed by atoms with Gasteiger partial charge in [-0.15, -0.1) is 0 Å². The van der Waals surface area contributed by atoms with Crippen LogP contribution in [0.15, 0.2) is 43.0 Å². The summed E-state index contributed by atoms with van der Waals surface area (Å²) in [5, 5.41) is 3.23. The fourth-order valence-electron chi connectivity index (χ4n) is 1.56. The molecule has 1 aromatic heterocycles. The van der Waals surface area contributed by atoms with Crippen molar-refractivity contribution in [3.63, 3.8) is 0 Å². The van der Waals surface area contributed by atoms with Crippen LogP contribution in [0.1, 0.15) is 22.8 Å². The van der Waals surface area contributed by atoms with Gasteiger partial charge in [0.25, 0.3) is 0 Å². The molecule has 1 heterocycles. The second-order valence-corrected chi connectivity index (χ2v) is 3.90. The number of aromatic nitrogens is 2. The van der Waals surface area contributed by atoms with Gasteiger partial charge in [0, 0.05) is 30.2 Å². The normalized spacial score (nSPS) is 9.95. The Bertz CT molecular complexity index is 526. The third-order valence-corrected chi connectivity index (χ3v) is 2.51. The molecule has 0 saturated carbocycles. The highest BCUT2D eigenvalue weighted by Crippen LogP contribution is 2.11. The molecule has 0 fully saturated rings. The molecular weight excluding hydrogens is 242 g/mol. The third-order valence-electron chi connectivity index (χ3n) is 2.51. The van der Waals surface area contributed by atoms with Crippen molar-refractivity contribution >= 4 is 11.7 Å². The number of nitrogens with zero attached hydrogens (tertiary/aromatic N) is 2. The highest BCUT2D eigenvalue weighted by Gasteiger charge is 2.05. The van der Waals surface area contributed by atoms with E-state index in [0.29, 0.717) is 18.7 Å². The Morgan fingerprint density at radius 3 is 2.53 bits per heavy atom. The van der Waals surface area contributed by atoms with Crippen molar-refractivity contribution in [2.75, 3.05) is 11.9 Å². The third kappa shape index (κ3) is 3.77. The topological polar surface area (TPSA) is 64.1 Å². The van der Waals surface area contributed by atoms with E-state index in [1.165, 1.54) is 6.33 Å². The number of nitrogens with one attached hydrogen (secondary N) is 1. The van der Waals surface area contributed by atoms with Crippen molar-refractivity contribution in [2.45, 2.75) is 13.5 Å². The van der Waals surface area contributed by atoms with E-state index in [2.05, 4.69) is 15.3 Å². The summed E-state index contributed by atoms with van der Waals surface area (Å²) >= 11 is 0. The standard InChI is InChI=1S/C14H15N3O2/c1-2-19-14(18)12-3-5-13(6-4-12)17-9-11-7-15-10-16-8-11/h3-8,10,17H,2,9H2,1H3. The van der Waals surface area contributed by atoms with Crippen LogP contribution in [0.5, 0.6) is 0 Å². The molecule has 1 aromatic carbocycles. The van der Waals surface area contributed by atoms with Gasteiger partial charge in [-0.1, -0.05) is 0 Å². The summed E-state index contributed by atoms with van der Waals surface area (Å²) in [6.07, 6.45) is 5.01. The van der Waals surface area contributed by atoms with Crippen LogP contribution < -0.4 is 5.32 Å². The summed E-state index contributed by atoms with van der Waals surface area (Å²) in [5.41, 5.74) is 2.48. The van der Waals surface area contributed by atoms with E-state index in [4.69, 9.17) is 4.74 Å². The van der Waals surface area contributed by atoms with E-state index in [9.17, 15) is 4.79 Å². The van der Waals surface area contributed by atoms with E-state index in [0.717, 1.165) is 11.3 Å². The summed E-state index contributed by atoms with van der Waals surface area (Å²) in [7, 11) is 0. The van der Waals surface area contributed by atoms with Gasteiger partial charge >= 0.3 is 5.97 Å². The van der Waals surface area contributed by atoms with Crippen LogP contribution in [0.4, 0.5) is 5.69 Å². The average molecular weight is 257 g/mol. The summed E-state index contributed by atoms with van der Waals surface area (Å²) in [5.74, 6) is -0.300. The van der Waals surface area contributed by atoms with Gasteiger partial charge < -0.3 is 10.1 Å². The lowest BCUT2D eigenvalue weighted by Gasteiger charge is -2.07. The first-order chi connectivity index (χ1) is 9.29. The van der Waals surface area contributed by atoms with Crippen LogP contribution in [0.3, 0.4) is 0 Å². The van der Waals surface area contributed by atoms with E-state index in [1.807, 2.05) is 12.1 Å². The molecule has 5 nitrogen and oxygen atoms in total. The Morgan fingerprint density at radius 1 is 1.21 bits per heavy atom. The van der Waals surface area contributed by atoms with Gasteiger partial charge in [0.1, 0.15) is 6.33 Å². The van der Waals surface area contributed by atoms with Crippen LogP contribution in [0.2, 0.25) is 0 Å². The number of carbonyl (C=O) groups excluding carboxylic acids is 1. The Balaban J connectivity index is 1.94. The van der Waals surface area contributed by atoms with Crippen LogP contribution in [-0.2, 0) is 11.3 Å². The molecule has 2 rings (SSSR count). The number of benzene rings is 1. The monoisotopic (exact) mass is 257 g/mol. The zero-order valence-electron chi connectivity index (χ0n) is 10.7. The second kappa shape index (κ2) is 6.49. The summed E-state index contributed by atoms with van der Waals surface area (Å²) in [4.78, 5) is 19.4. The van der Waals surface area contributed by atoms with Crippen LogP contribution in [-0.4, -0.2) is 22.5 Å². The highest BCUT2D eigenvalue weighted by atomic mass is 16.5. The van der Waals surface area contributed by atoms with Crippen molar-refractivity contribution in [1.82, 2.24) is 9.97 Å². The Morgan fingerprint density at radius 2 is 1.89 bits per heavy atom. The molecule has 0 saturated heterocycles. The number of rotatable bonds is 5. The van der Waals surface area contributed by atoms with E-state index in [1.54, 1.807) is 31.5 Å². The predicted octanol–water partition coefficient (Wildman–Crippen LogP) is 2.27. The Labute approximate surface area is 111 Å². The number of esters is 1. The molecule has 0 radical (unpaired) electrons. The summed E-state index contributed by atoms with van der Waals surface area (Å²) in [6.45, 7) is 2.81. The lowest BCUT2D eigenvalue weighted by atomic mass is 10.2. The first-order valence-corrected chi connectivity index (χ1v) is 6.04. The van der Waals surface area contributed by atoms with E-state index < -0.39 is 0 Å². The smallest absolute Gasteiger partial charge is 0.338 e. The lowest BCUT2D eigenvalue weighted by molar-refractivity contribution is 0.0526. The second-order valence-electron chi connectivity index (χ2n) is 3.90. The van der Waals surface area contributed by atoms with Gasteiger partial charge in [-0.2, -0.15) is 0 Å². The Hall–Kier alpha value is -2.43. The first-order valence-electron chi connectivity index (χ1n) is 6.04. The molecule has 98 valence electrons. The number of hydrogen-bond acceptors (Lipinski definition) is 5.